The average molecular weight is 395 g/mol. The number of carbonyl (C=O) groups excluding carboxylic acids is 1. The molecule has 1 unspecified atom stereocenters. The molecule has 1 aromatic carbocycles. The summed E-state index contributed by atoms with van der Waals surface area (Å²) in [6.45, 7) is 2.06. The lowest BCUT2D eigenvalue weighted by Crippen LogP contribution is -2.31. The van der Waals surface area contributed by atoms with Crippen LogP contribution in [0.25, 0.3) is 0 Å². The Balaban J connectivity index is 1.89. The third kappa shape index (κ3) is 2.96. The lowest BCUT2D eigenvalue weighted by Gasteiger charge is -2.32. The van der Waals surface area contributed by atoms with E-state index < -0.39 is 0 Å². The maximum atomic E-state index is 12.7. The highest BCUT2D eigenvalue weighted by molar-refractivity contribution is 7.99. The quantitative estimate of drug-likeness (QED) is 0.763. The van der Waals surface area contributed by atoms with Gasteiger partial charge < -0.3 is 5.32 Å². The minimum Gasteiger partial charge on any atom is -0.328 e. The van der Waals surface area contributed by atoms with Crippen LogP contribution in [0, 0.1) is 0 Å². The molecule has 0 saturated heterocycles. The Morgan fingerprint density at radius 3 is 2.92 bits per heavy atom. The van der Waals surface area contributed by atoms with Crippen LogP contribution in [0.5, 0.6) is 0 Å². The summed E-state index contributed by atoms with van der Waals surface area (Å²) >= 11 is 13.9. The summed E-state index contributed by atoms with van der Waals surface area (Å²) in [7, 11) is 0. The highest BCUT2D eigenvalue weighted by Crippen LogP contribution is 2.41. The Morgan fingerprint density at radius 1 is 1.32 bits per heavy atom. The molecule has 0 amide bonds. The SMILES string of the molecule is CCSc1nc2n(n1)C(c1ccc(Cl)c(Cl)c1)C1=C(CCCC1=O)N2. The number of allylic oxidation sites excluding steroid dienone is 2. The van der Waals surface area contributed by atoms with Crippen LogP contribution in [-0.4, -0.2) is 26.3 Å². The molecule has 130 valence electrons. The monoisotopic (exact) mass is 394 g/mol. The van der Waals surface area contributed by atoms with E-state index in [4.69, 9.17) is 23.2 Å². The van der Waals surface area contributed by atoms with Crippen LogP contribution < -0.4 is 5.32 Å². The van der Waals surface area contributed by atoms with Crippen LogP contribution in [0.3, 0.4) is 0 Å². The largest absolute Gasteiger partial charge is 0.328 e. The zero-order chi connectivity index (χ0) is 17.6. The van der Waals surface area contributed by atoms with Gasteiger partial charge >= 0.3 is 0 Å². The van der Waals surface area contributed by atoms with E-state index in [0.717, 1.165) is 35.4 Å². The molecule has 1 aliphatic carbocycles. The predicted octanol–water partition coefficient (Wildman–Crippen LogP) is 4.72. The number of Topliss-reactive ketones (excluding diaryl/α,β-unsaturated/α-hetero) is 1. The van der Waals surface area contributed by atoms with E-state index in [1.54, 1.807) is 22.5 Å². The molecular formula is C17H16Cl2N4OS. The average Bonchev–Trinajstić information content (AvgIpc) is 2.98. The van der Waals surface area contributed by atoms with Gasteiger partial charge in [0.1, 0.15) is 6.04 Å². The van der Waals surface area contributed by atoms with Crippen molar-refractivity contribution in [2.45, 2.75) is 37.4 Å². The van der Waals surface area contributed by atoms with Crippen LogP contribution in [0.1, 0.15) is 37.8 Å². The number of nitrogens with zero attached hydrogens (tertiary/aromatic N) is 3. The van der Waals surface area contributed by atoms with E-state index in [0.29, 0.717) is 27.6 Å². The molecule has 1 aromatic heterocycles. The lowest BCUT2D eigenvalue weighted by atomic mass is 9.85. The molecule has 2 aromatic rings. The van der Waals surface area contributed by atoms with Crippen LogP contribution in [-0.2, 0) is 4.79 Å². The molecule has 0 radical (unpaired) electrons. The summed E-state index contributed by atoms with van der Waals surface area (Å²) in [4.78, 5) is 17.3. The first kappa shape index (κ1) is 16.9. The number of fused-ring (bicyclic) bond motifs is 1. The Hall–Kier alpha value is -1.50. The maximum Gasteiger partial charge on any atom is 0.227 e. The molecule has 2 heterocycles. The first-order valence-electron chi connectivity index (χ1n) is 8.16. The molecular weight excluding hydrogens is 379 g/mol. The molecule has 1 atom stereocenters. The summed E-state index contributed by atoms with van der Waals surface area (Å²) in [6, 6.07) is 5.14. The van der Waals surface area contributed by atoms with Gasteiger partial charge in [0.25, 0.3) is 0 Å². The number of carbonyl (C=O) groups is 1. The van der Waals surface area contributed by atoms with Gasteiger partial charge in [-0.1, -0.05) is 48.0 Å². The molecule has 0 spiro atoms. The Bertz CT molecular complexity index is 893. The Labute approximate surface area is 159 Å². The first-order valence-corrected chi connectivity index (χ1v) is 9.90. The van der Waals surface area contributed by atoms with Crippen molar-refractivity contribution in [3.63, 3.8) is 0 Å². The molecule has 0 bridgehead atoms. The summed E-state index contributed by atoms with van der Waals surface area (Å²) in [5.41, 5.74) is 2.59. The van der Waals surface area contributed by atoms with Crippen molar-refractivity contribution < 1.29 is 4.79 Å². The minimum atomic E-state index is -0.326. The van der Waals surface area contributed by atoms with Gasteiger partial charge in [0, 0.05) is 17.7 Å². The smallest absolute Gasteiger partial charge is 0.227 e. The van der Waals surface area contributed by atoms with E-state index >= 15 is 0 Å². The number of anilines is 1. The van der Waals surface area contributed by atoms with Gasteiger partial charge in [0.05, 0.1) is 10.0 Å². The second-order valence-electron chi connectivity index (χ2n) is 5.97. The number of aromatic nitrogens is 3. The Kier molecular flexibility index (Phi) is 4.52. The summed E-state index contributed by atoms with van der Waals surface area (Å²) in [6.07, 6.45) is 2.24. The molecule has 1 N–H and O–H groups in total. The third-order valence-corrected chi connectivity index (χ3v) is 5.84. The van der Waals surface area contributed by atoms with Crippen molar-refractivity contribution in [1.82, 2.24) is 14.8 Å². The molecule has 8 heteroatoms. The molecule has 2 aliphatic rings. The van der Waals surface area contributed by atoms with E-state index in [9.17, 15) is 4.79 Å². The molecule has 4 rings (SSSR count). The van der Waals surface area contributed by atoms with E-state index in [1.165, 1.54) is 0 Å². The van der Waals surface area contributed by atoms with Crippen molar-refractivity contribution in [2.75, 3.05) is 11.1 Å². The van der Waals surface area contributed by atoms with Crippen molar-refractivity contribution >= 4 is 46.7 Å². The number of nitrogens with one attached hydrogen (secondary N) is 1. The van der Waals surface area contributed by atoms with Gasteiger partial charge in [0.2, 0.25) is 11.1 Å². The van der Waals surface area contributed by atoms with Crippen molar-refractivity contribution in [3.8, 4) is 0 Å². The summed E-state index contributed by atoms with van der Waals surface area (Å²) in [5.74, 6) is 1.70. The van der Waals surface area contributed by atoms with Gasteiger partial charge in [0.15, 0.2) is 5.78 Å². The second-order valence-corrected chi connectivity index (χ2v) is 8.01. The lowest BCUT2D eigenvalue weighted by molar-refractivity contribution is -0.116. The standard InChI is InChI=1S/C17H16Cl2N4OS/c1-2-25-17-21-16-20-12-4-3-5-13(24)14(12)15(23(16)22-17)9-6-7-10(18)11(19)8-9/h6-8,15H,2-5H2,1H3,(H,20,21,22). The zero-order valence-electron chi connectivity index (χ0n) is 13.6. The van der Waals surface area contributed by atoms with E-state index in [-0.39, 0.29) is 11.8 Å². The van der Waals surface area contributed by atoms with E-state index in [1.807, 2.05) is 12.1 Å². The fourth-order valence-electron chi connectivity index (χ4n) is 3.32. The van der Waals surface area contributed by atoms with Gasteiger partial charge in [-0.3, -0.25) is 4.79 Å². The minimum absolute atomic E-state index is 0.149. The van der Waals surface area contributed by atoms with Gasteiger partial charge in [-0.25, -0.2) is 4.68 Å². The number of halogens is 2. The number of benzene rings is 1. The third-order valence-electron chi connectivity index (χ3n) is 4.38. The second kappa shape index (κ2) is 6.67. The van der Waals surface area contributed by atoms with Crippen molar-refractivity contribution in [2.24, 2.45) is 0 Å². The van der Waals surface area contributed by atoms with Crippen LogP contribution in [0.4, 0.5) is 5.95 Å². The fraction of sp³-hybridized carbons (Fsp3) is 0.353. The predicted molar refractivity (Wildman–Crippen MR) is 101 cm³/mol. The maximum absolute atomic E-state index is 12.7. The van der Waals surface area contributed by atoms with Crippen LogP contribution in [0.2, 0.25) is 10.0 Å². The van der Waals surface area contributed by atoms with E-state index in [2.05, 4.69) is 22.3 Å². The first-order chi connectivity index (χ1) is 12.1. The number of hydrogen-bond acceptors (Lipinski definition) is 5. The normalized spacial score (nSPS) is 19.5. The summed E-state index contributed by atoms with van der Waals surface area (Å²) < 4.78 is 1.79. The summed E-state index contributed by atoms with van der Waals surface area (Å²) in [5, 5.41) is 9.58. The number of hydrogen-bond donors (Lipinski definition) is 1. The van der Waals surface area contributed by atoms with Gasteiger partial charge in [-0.05, 0) is 36.3 Å². The van der Waals surface area contributed by atoms with Crippen LogP contribution in [0.15, 0.2) is 34.6 Å². The number of ketones is 1. The van der Waals surface area contributed by atoms with Gasteiger partial charge in [-0.2, -0.15) is 4.98 Å². The molecule has 5 nitrogen and oxygen atoms in total. The zero-order valence-corrected chi connectivity index (χ0v) is 15.9. The molecule has 0 fully saturated rings. The van der Waals surface area contributed by atoms with Gasteiger partial charge in [-0.15, -0.1) is 5.10 Å². The number of rotatable bonds is 3. The highest BCUT2D eigenvalue weighted by atomic mass is 35.5. The Morgan fingerprint density at radius 2 is 2.16 bits per heavy atom. The molecule has 0 saturated carbocycles. The molecule has 25 heavy (non-hydrogen) atoms. The highest BCUT2D eigenvalue weighted by Gasteiger charge is 2.36. The van der Waals surface area contributed by atoms with Crippen molar-refractivity contribution in [3.05, 3.63) is 45.1 Å². The fourth-order valence-corrected chi connectivity index (χ4v) is 4.18. The number of thioether (sulfide) groups is 1. The van der Waals surface area contributed by atoms with Crippen LogP contribution >= 0.6 is 35.0 Å². The van der Waals surface area contributed by atoms with Crippen molar-refractivity contribution in [1.29, 1.82) is 0 Å². The molecule has 1 aliphatic heterocycles. The topological polar surface area (TPSA) is 59.8 Å².